The van der Waals surface area contributed by atoms with Crippen molar-refractivity contribution in [3.63, 3.8) is 0 Å². The van der Waals surface area contributed by atoms with Crippen LogP contribution in [-0.4, -0.2) is 4.98 Å². The summed E-state index contributed by atoms with van der Waals surface area (Å²) >= 11 is 6.74. The van der Waals surface area contributed by atoms with Crippen LogP contribution in [0.25, 0.3) is 0 Å². The Balaban J connectivity index is 3.47. The molecule has 1 aromatic heterocycles. The van der Waals surface area contributed by atoms with Gasteiger partial charge in [0.25, 0.3) is 6.43 Å². The molecule has 1 nitrogen and oxygen atoms in total. The van der Waals surface area contributed by atoms with Crippen molar-refractivity contribution >= 4 is 34.2 Å². The Morgan fingerprint density at radius 1 is 1.33 bits per heavy atom. The maximum absolute atomic E-state index is 12.4. The molecule has 1 aromatic rings. The summed E-state index contributed by atoms with van der Waals surface area (Å²) in [4.78, 5) is 2.89. The van der Waals surface area contributed by atoms with Gasteiger partial charge in [0.05, 0.1) is 10.6 Å². The first-order valence-electron chi connectivity index (χ1n) is 3.44. The second-order valence-corrected chi connectivity index (χ2v) is 3.97. The van der Waals surface area contributed by atoms with Gasteiger partial charge in [-0.2, -0.15) is 13.2 Å². The summed E-state index contributed by atoms with van der Waals surface area (Å²) < 4.78 is 61.3. The number of aromatic nitrogens is 1. The Morgan fingerprint density at radius 2 is 1.87 bits per heavy atom. The van der Waals surface area contributed by atoms with Gasteiger partial charge in [-0.1, -0.05) is 11.6 Å². The molecule has 0 saturated heterocycles. The van der Waals surface area contributed by atoms with Crippen LogP contribution in [-0.2, 0) is 6.18 Å². The van der Waals surface area contributed by atoms with Crippen molar-refractivity contribution in [1.29, 1.82) is 0 Å². The summed E-state index contributed by atoms with van der Waals surface area (Å²) in [6.07, 6.45) is -7.46. The fraction of sp³-hybridized carbons (Fsp3) is 0.286. The molecule has 0 bridgehead atoms. The average Bonchev–Trinajstić information content (AvgIpc) is 2.06. The van der Waals surface area contributed by atoms with E-state index in [9.17, 15) is 22.0 Å². The van der Waals surface area contributed by atoms with E-state index in [2.05, 4.69) is 4.98 Å². The predicted molar refractivity (Wildman–Crippen MR) is 51.9 cm³/mol. The third-order valence-electron chi connectivity index (χ3n) is 1.49. The fourth-order valence-electron chi connectivity index (χ4n) is 0.905. The first-order chi connectivity index (χ1) is 6.75. The second kappa shape index (κ2) is 4.36. The van der Waals surface area contributed by atoms with Crippen LogP contribution in [0.3, 0.4) is 0 Å². The molecule has 0 saturated carbocycles. The van der Waals surface area contributed by atoms with Crippen molar-refractivity contribution in [2.24, 2.45) is 0 Å². The van der Waals surface area contributed by atoms with Crippen LogP contribution in [0, 0.1) is 3.57 Å². The van der Waals surface area contributed by atoms with Crippen LogP contribution in [0.15, 0.2) is 6.20 Å². The minimum absolute atomic E-state index is 0.223. The molecule has 0 atom stereocenters. The van der Waals surface area contributed by atoms with Crippen LogP contribution in [0.5, 0.6) is 0 Å². The van der Waals surface area contributed by atoms with Crippen molar-refractivity contribution in [3.05, 3.63) is 26.0 Å². The molecular weight excluding hydrogens is 355 g/mol. The molecule has 0 fully saturated rings. The van der Waals surface area contributed by atoms with E-state index in [1.165, 1.54) is 22.6 Å². The average molecular weight is 357 g/mol. The van der Waals surface area contributed by atoms with Crippen LogP contribution < -0.4 is 0 Å². The summed E-state index contributed by atoms with van der Waals surface area (Å²) in [6.45, 7) is 0. The Bertz CT molecular complexity index is 378. The van der Waals surface area contributed by atoms with Crippen LogP contribution >= 0.6 is 34.2 Å². The molecule has 0 aliphatic heterocycles. The van der Waals surface area contributed by atoms with Gasteiger partial charge in [-0.25, -0.2) is 13.8 Å². The van der Waals surface area contributed by atoms with E-state index in [0.717, 1.165) is 0 Å². The topological polar surface area (TPSA) is 12.9 Å². The third-order valence-corrected chi connectivity index (χ3v) is 3.26. The number of rotatable bonds is 1. The molecule has 1 heterocycles. The molecule has 0 aliphatic carbocycles. The molecule has 15 heavy (non-hydrogen) atoms. The smallest absolute Gasteiger partial charge is 0.250 e. The van der Waals surface area contributed by atoms with E-state index in [1.54, 1.807) is 0 Å². The standard InChI is InChI=1S/C7H2ClF5IN/c8-2-1-15-5(7(11,12)13)3(4(2)14)6(9)10/h1,6H. The number of pyridine rings is 1. The van der Waals surface area contributed by atoms with Crippen LogP contribution in [0.2, 0.25) is 5.02 Å². The minimum atomic E-state index is -4.91. The van der Waals surface area contributed by atoms with E-state index in [-0.39, 0.29) is 8.59 Å². The fourth-order valence-corrected chi connectivity index (χ4v) is 1.69. The van der Waals surface area contributed by atoms with E-state index >= 15 is 0 Å². The Kier molecular flexibility index (Phi) is 3.75. The molecule has 1 rings (SSSR count). The molecule has 8 heteroatoms. The third kappa shape index (κ3) is 2.68. The molecule has 0 aromatic carbocycles. The Labute approximate surface area is 99.8 Å². The van der Waals surface area contributed by atoms with Gasteiger partial charge in [-0.15, -0.1) is 0 Å². The van der Waals surface area contributed by atoms with Crippen molar-refractivity contribution in [1.82, 2.24) is 4.98 Å². The van der Waals surface area contributed by atoms with E-state index in [1.807, 2.05) is 0 Å². The predicted octanol–water partition coefficient (Wildman–Crippen LogP) is 4.30. The molecule has 0 amide bonds. The highest BCUT2D eigenvalue weighted by Crippen LogP contribution is 2.39. The SMILES string of the molecule is FC(F)c1c(C(F)(F)F)ncc(Cl)c1I. The lowest BCUT2D eigenvalue weighted by molar-refractivity contribution is -0.143. The number of alkyl halides is 5. The monoisotopic (exact) mass is 357 g/mol. The van der Waals surface area contributed by atoms with Gasteiger partial charge in [-0.3, -0.25) is 0 Å². The maximum Gasteiger partial charge on any atom is 0.433 e. The number of hydrogen-bond acceptors (Lipinski definition) is 1. The largest absolute Gasteiger partial charge is 0.433 e. The van der Waals surface area contributed by atoms with Gasteiger partial charge in [0.1, 0.15) is 0 Å². The van der Waals surface area contributed by atoms with Gasteiger partial charge in [-0.05, 0) is 22.6 Å². The van der Waals surface area contributed by atoms with Crippen molar-refractivity contribution in [2.45, 2.75) is 12.6 Å². The highest BCUT2D eigenvalue weighted by Gasteiger charge is 2.39. The normalized spacial score (nSPS) is 12.3. The molecule has 0 spiro atoms. The van der Waals surface area contributed by atoms with E-state index in [0.29, 0.717) is 6.20 Å². The van der Waals surface area contributed by atoms with Crippen LogP contribution in [0.4, 0.5) is 22.0 Å². The zero-order valence-electron chi connectivity index (χ0n) is 6.75. The van der Waals surface area contributed by atoms with Gasteiger partial charge < -0.3 is 0 Å². The number of halogens is 7. The Hall–Kier alpha value is -0.180. The molecular formula is C7H2ClF5IN. The highest BCUT2D eigenvalue weighted by molar-refractivity contribution is 14.1. The second-order valence-electron chi connectivity index (χ2n) is 2.48. The quantitative estimate of drug-likeness (QED) is 0.540. The van der Waals surface area contributed by atoms with Gasteiger partial charge in [0.2, 0.25) is 0 Å². The maximum atomic E-state index is 12.4. The lowest BCUT2D eigenvalue weighted by Crippen LogP contribution is -2.13. The highest BCUT2D eigenvalue weighted by atomic mass is 127. The summed E-state index contributed by atoms with van der Waals surface area (Å²) in [6, 6.07) is 0. The van der Waals surface area contributed by atoms with Gasteiger partial charge in [0.15, 0.2) is 5.69 Å². The first-order valence-corrected chi connectivity index (χ1v) is 4.90. The molecule has 0 aliphatic rings. The van der Waals surface area contributed by atoms with Crippen molar-refractivity contribution < 1.29 is 22.0 Å². The zero-order valence-corrected chi connectivity index (χ0v) is 9.66. The number of nitrogens with zero attached hydrogens (tertiary/aromatic N) is 1. The van der Waals surface area contributed by atoms with Gasteiger partial charge in [0, 0.05) is 9.77 Å². The molecule has 0 unspecified atom stereocenters. The number of hydrogen-bond donors (Lipinski definition) is 0. The van der Waals surface area contributed by atoms with E-state index < -0.39 is 23.9 Å². The van der Waals surface area contributed by atoms with Crippen LogP contribution in [0.1, 0.15) is 17.7 Å². The zero-order chi connectivity index (χ0) is 11.8. The molecule has 0 radical (unpaired) electrons. The first kappa shape index (κ1) is 12.9. The summed E-state index contributed by atoms with van der Waals surface area (Å²) in [7, 11) is 0. The lowest BCUT2D eigenvalue weighted by Gasteiger charge is -2.13. The van der Waals surface area contributed by atoms with Crippen molar-refractivity contribution in [2.75, 3.05) is 0 Å². The molecule has 0 N–H and O–H groups in total. The summed E-state index contributed by atoms with van der Waals surface area (Å²) in [5, 5.41) is -0.223. The van der Waals surface area contributed by atoms with Crippen molar-refractivity contribution in [3.8, 4) is 0 Å². The summed E-state index contributed by atoms with van der Waals surface area (Å²) in [5.74, 6) is 0. The van der Waals surface area contributed by atoms with Gasteiger partial charge >= 0.3 is 6.18 Å². The molecule has 84 valence electrons. The van der Waals surface area contributed by atoms with E-state index in [4.69, 9.17) is 11.6 Å². The lowest BCUT2D eigenvalue weighted by atomic mass is 10.2. The summed E-state index contributed by atoms with van der Waals surface area (Å²) in [5.41, 5.74) is -2.76. The Morgan fingerprint density at radius 3 is 2.27 bits per heavy atom. The minimum Gasteiger partial charge on any atom is -0.250 e.